The van der Waals surface area contributed by atoms with E-state index < -0.39 is 0 Å². The van der Waals surface area contributed by atoms with Crippen molar-refractivity contribution < 1.29 is 4.39 Å². The zero-order valence-corrected chi connectivity index (χ0v) is 9.75. The van der Waals surface area contributed by atoms with Gasteiger partial charge in [-0.05, 0) is 37.9 Å². The first kappa shape index (κ1) is 12.8. The molecule has 0 aliphatic carbocycles. The molecule has 0 fully saturated rings. The van der Waals surface area contributed by atoms with Crippen LogP contribution in [0.5, 0.6) is 0 Å². The molecular formula is C13H19FN2. The van der Waals surface area contributed by atoms with E-state index in [1.54, 1.807) is 12.3 Å². The number of nitrogens with zero attached hydrogens (tertiary/aromatic N) is 1. The Bertz CT molecular complexity index is 325. The third-order valence-electron chi connectivity index (χ3n) is 2.42. The Labute approximate surface area is 96.6 Å². The predicted octanol–water partition coefficient (Wildman–Crippen LogP) is 3.23. The summed E-state index contributed by atoms with van der Waals surface area (Å²) in [6, 6.07) is 3.05. The van der Waals surface area contributed by atoms with Crippen molar-refractivity contribution in [3.8, 4) is 0 Å². The highest BCUT2D eigenvalue weighted by Gasteiger charge is 2.15. The molecule has 0 aliphatic heterocycles. The molecule has 1 aromatic rings. The van der Waals surface area contributed by atoms with Gasteiger partial charge in [-0.1, -0.05) is 13.0 Å². The van der Waals surface area contributed by atoms with Gasteiger partial charge in [0.1, 0.15) is 5.82 Å². The Morgan fingerprint density at radius 3 is 3.06 bits per heavy atom. The van der Waals surface area contributed by atoms with E-state index in [1.165, 1.54) is 6.07 Å². The highest BCUT2D eigenvalue weighted by molar-refractivity contribution is 5.11. The molecule has 1 heterocycles. The van der Waals surface area contributed by atoms with Crippen molar-refractivity contribution in [1.82, 2.24) is 10.3 Å². The van der Waals surface area contributed by atoms with Gasteiger partial charge in [-0.3, -0.25) is 4.98 Å². The van der Waals surface area contributed by atoms with Gasteiger partial charge in [-0.15, -0.1) is 6.58 Å². The lowest BCUT2D eigenvalue weighted by molar-refractivity contribution is 0.463. The van der Waals surface area contributed by atoms with Crippen LogP contribution in [0.4, 0.5) is 4.39 Å². The van der Waals surface area contributed by atoms with Gasteiger partial charge in [0, 0.05) is 6.20 Å². The number of allylic oxidation sites excluding steroid dienone is 1. The van der Waals surface area contributed by atoms with Gasteiger partial charge in [0.25, 0.3) is 0 Å². The number of hydrogen-bond donors (Lipinski definition) is 1. The highest BCUT2D eigenvalue weighted by atomic mass is 19.1. The van der Waals surface area contributed by atoms with E-state index in [0.717, 1.165) is 25.8 Å². The maximum absolute atomic E-state index is 13.6. The Balaban J connectivity index is 2.74. The second-order valence-electron chi connectivity index (χ2n) is 3.74. The molecule has 1 unspecified atom stereocenters. The molecule has 1 aromatic heterocycles. The van der Waals surface area contributed by atoms with E-state index in [-0.39, 0.29) is 11.9 Å². The minimum Gasteiger partial charge on any atom is -0.309 e. The topological polar surface area (TPSA) is 24.9 Å². The SMILES string of the molecule is C=CCCC(NCCC)c1ncccc1F. The van der Waals surface area contributed by atoms with Gasteiger partial charge in [0.15, 0.2) is 0 Å². The summed E-state index contributed by atoms with van der Waals surface area (Å²) in [6.45, 7) is 6.65. The number of pyridine rings is 1. The molecule has 1 rings (SSSR count). The van der Waals surface area contributed by atoms with Gasteiger partial charge in [0.05, 0.1) is 11.7 Å². The third kappa shape index (κ3) is 3.74. The number of rotatable bonds is 7. The van der Waals surface area contributed by atoms with Crippen molar-refractivity contribution in [2.45, 2.75) is 32.2 Å². The maximum Gasteiger partial charge on any atom is 0.146 e. The molecule has 0 radical (unpaired) electrons. The first-order valence-corrected chi connectivity index (χ1v) is 5.74. The van der Waals surface area contributed by atoms with Crippen LogP contribution < -0.4 is 5.32 Å². The lowest BCUT2D eigenvalue weighted by Crippen LogP contribution is -2.24. The molecule has 0 aliphatic rings. The van der Waals surface area contributed by atoms with Gasteiger partial charge < -0.3 is 5.32 Å². The number of halogens is 1. The summed E-state index contributed by atoms with van der Waals surface area (Å²) in [5.41, 5.74) is 0.512. The van der Waals surface area contributed by atoms with Crippen LogP contribution in [-0.2, 0) is 0 Å². The predicted molar refractivity (Wildman–Crippen MR) is 64.7 cm³/mol. The van der Waals surface area contributed by atoms with E-state index in [0.29, 0.717) is 5.69 Å². The third-order valence-corrected chi connectivity index (χ3v) is 2.42. The highest BCUT2D eigenvalue weighted by Crippen LogP contribution is 2.19. The fourth-order valence-electron chi connectivity index (χ4n) is 1.59. The summed E-state index contributed by atoms with van der Waals surface area (Å²) in [7, 11) is 0. The summed E-state index contributed by atoms with van der Waals surface area (Å²) in [4.78, 5) is 4.11. The summed E-state index contributed by atoms with van der Waals surface area (Å²) < 4.78 is 13.6. The average molecular weight is 222 g/mol. The summed E-state index contributed by atoms with van der Waals surface area (Å²) in [6.07, 6.45) is 6.20. The Hall–Kier alpha value is -1.22. The minimum absolute atomic E-state index is 0.0147. The summed E-state index contributed by atoms with van der Waals surface area (Å²) >= 11 is 0. The van der Waals surface area contributed by atoms with Crippen LogP contribution in [0, 0.1) is 5.82 Å². The molecule has 2 nitrogen and oxygen atoms in total. The van der Waals surface area contributed by atoms with Crippen LogP contribution in [0.2, 0.25) is 0 Å². The van der Waals surface area contributed by atoms with Crippen molar-refractivity contribution >= 4 is 0 Å². The maximum atomic E-state index is 13.6. The van der Waals surface area contributed by atoms with Gasteiger partial charge in [-0.25, -0.2) is 4.39 Å². The molecule has 16 heavy (non-hydrogen) atoms. The average Bonchev–Trinajstić information content (AvgIpc) is 2.31. The van der Waals surface area contributed by atoms with Crippen LogP contribution in [0.15, 0.2) is 31.0 Å². The monoisotopic (exact) mass is 222 g/mol. The number of nitrogens with one attached hydrogen (secondary N) is 1. The van der Waals surface area contributed by atoms with Gasteiger partial charge in [-0.2, -0.15) is 0 Å². The second-order valence-corrected chi connectivity index (χ2v) is 3.74. The van der Waals surface area contributed by atoms with Crippen molar-refractivity contribution in [3.63, 3.8) is 0 Å². The van der Waals surface area contributed by atoms with Crippen LogP contribution in [0.1, 0.15) is 37.9 Å². The van der Waals surface area contributed by atoms with Crippen LogP contribution in [0.25, 0.3) is 0 Å². The summed E-state index contributed by atoms with van der Waals surface area (Å²) in [5.74, 6) is -0.236. The molecule has 0 saturated heterocycles. The van der Waals surface area contributed by atoms with Crippen molar-refractivity contribution in [1.29, 1.82) is 0 Å². The molecule has 3 heteroatoms. The quantitative estimate of drug-likeness (QED) is 0.716. The Morgan fingerprint density at radius 2 is 2.44 bits per heavy atom. The van der Waals surface area contributed by atoms with Crippen LogP contribution in [0.3, 0.4) is 0 Å². The fraction of sp³-hybridized carbons (Fsp3) is 0.462. The van der Waals surface area contributed by atoms with E-state index >= 15 is 0 Å². The van der Waals surface area contributed by atoms with E-state index in [1.807, 2.05) is 6.08 Å². The van der Waals surface area contributed by atoms with Crippen LogP contribution >= 0.6 is 0 Å². The fourth-order valence-corrected chi connectivity index (χ4v) is 1.59. The normalized spacial score (nSPS) is 12.4. The first-order chi connectivity index (χ1) is 7.79. The molecule has 0 bridgehead atoms. The minimum atomic E-state index is -0.236. The molecule has 1 N–H and O–H groups in total. The first-order valence-electron chi connectivity index (χ1n) is 5.74. The number of aromatic nitrogens is 1. The lowest BCUT2D eigenvalue weighted by atomic mass is 10.1. The molecular weight excluding hydrogens is 203 g/mol. The van der Waals surface area contributed by atoms with Crippen molar-refractivity contribution in [2.75, 3.05) is 6.54 Å². The molecule has 0 saturated carbocycles. The Kier molecular flexibility index (Phi) is 5.72. The zero-order valence-electron chi connectivity index (χ0n) is 9.75. The largest absolute Gasteiger partial charge is 0.309 e. The van der Waals surface area contributed by atoms with E-state index in [4.69, 9.17) is 0 Å². The van der Waals surface area contributed by atoms with Gasteiger partial charge in [0.2, 0.25) is 0 Å². The van der Waals surface area contributed by atoms with Gasteiger partial charge >= 0.3 is 0 Å². The molecule has 1 atom stereocenters. The lowest BCUT2D eigenvalue weighted by Gasteiger charge is -2.17. The van der Waals surface area contributed by atoms with E-state index in [2.05, 4.69) is 23.8 Å². The van der Waals surface area contributed by atoms with Crippen LogP contribution in [-0.4, -0.2) is 11.5 Å². The molecule has 0 amide bonds. The number of hydrogen-bond acceptors (Lipinski definition) is 2. The Morgan fingerprint density at radius 1 is 1.62 bits per heavy atom. The summed E-state index contributed by atoms with van der Waals surface area (Å²) in [5, 5.41) is 3.31. The zero-order chi connectivity index (χ0) is 11.8. The van der Waals surface area contributed by atoms with Crippen molar-refractivity contribution in [2.24, 2.45) is 0 Å². The smallest absolute Gasteiger partial charge is 0.146 e. The molecule has 88 valence electrons. The molecule has 0 aromatic carbocycles. The molecule has 0 spiro atoms. The standard InChI is InChI=1S/C13H19FN2/c1-3-5-8-12(15-9-4-2)13-11(14)7-6-10-16-13/h3,6-7,10,12,15H,1,4-5,8-9H2,2H3. The van der Waals surface area contributed by atoms with Crippen molar-refractivity contribution in [3.05, 3.63) is 42.5 Å². The van der Waals surface area contributed by atoms with E-state index in [9.17, 15) is 4.39 Å². The second kappa shape index (κ2) is 7.12.